The zero-order valence-corrected chi connectivity index (χ0v) is 14.7. The van der Waals surface area contributed by atoms with E-state index in [1.165, 1.54) is 0 Å². The predicted octanol–water partition coefficient (Wildman–Crippen LogP) is 4.33. The lowest BCUT2D eigenvalue weighted by Crippen LogP contribution is -2.14. The third-order valence-electron chi connectivity index (χ3n) is 4.14. The van der Waals surface area contributed by atoms with Crippen LogP contribution in [0.3, 0.4) is 0 Å². The van der Waals surface area contributed by atoms with E-state index >= 15 is 0 Å². The van der Waals surface area contributed by atoms with Gasteiger partial charge in [-0.3, -0.25) is 4.79 Å². The minimum absolute atomic E-state index is 0.205. The second-order valence-electron chi connectivity index (χ2n) is 5.82. The van der Waals surface area contributed by atoms with E-state index in [1.807, 2.05) is 55.6 Å². The molecule has 0 radical (unpaired) electrons. The first-order chi connectivity index (χ1) is 12.1. The molecule has 3 aromatic heterocycles. The number of carbonyl (C=O) groups excluding carboxylic acids is 1. The van der Waals surface area contributed by atoms with E-state index in [0.29, 0.717) is 11.2 Å². The molecule has 0 spiro atoms. The van der Waals surface area contributed by atoms with E-state index in [9.17, 15) is 4.79 Å². The zero-order chi connectivity index (χ0) is 17.4. The summed E-state index contributed by atoms with van der Waals surface area (Å²) in [5.41, 5.74) is 4.82. The van der Waals surface area contributed by atoms with Crippen molar-refractivity contribution in [3.63, 3.8) is 0 Å². The number of aryl methyl sites for hydroxylation is 2. The number of nitrogens with one attached hydrogen (secondary N) is 1. The zero-order valence-electron chi connectivity index (χ0n) is 13.9. The van der Waals surface area contributed by atoms with Crippen LogP contribution in [0.1, 0.15) is 21.5 Å². The lowest BCUT2D eigenvalue weighted by Gasteiger charge is -2.10. The van der Waals surface area contributed by atoms with Gasteiger partial charge in [-0.1, -0.05) is 24.3 Å². The van der Waals surface area contributed by atoms with E-state index < -0.39 is 0 Å². The van der Waals surface area contributed by atoms with Gasteiger partial charge in [-0.2, -0.15) is 5.10 Å². The average Bonchev–Trinajstić information content (AvgIpc) is 3.27. The fourth-order valence-corrected chi connectivity index (χ4v) is 3.59. The molecule has 3 heterocycles. The molecule has 0 bridgehead atoms. The summed E-state index contributed by atoms with van der Waals surface area (Å²) in [7, 11) is 0. The fourth-order valence-electron chi connectivity index (χ4n) is 2.86. The largest absolute Gasteiger partial charge is 0.321 e. The number of para-hydroxylation sites is 1. The van der Waals surface area contributed by atoms with Crippen LogP contribution >= 0.6 is 11.3 Å². The molecule has 124 valence electrons. The molecule has 1 N–H and O–H groups in total. The van der Waals surface area contributed by atoms with E-state index in [2.05, 4.69) is 15.4 Å². The lowest BCUT2D eigenvalue weighted by molar-refractivity contribution is 0.102. The van der Waals surface area contributed by atoms with Gasteiger partial charge < -0.3 is 5.32 Å². The van der Waals surface area contributed by atoms with Crippen molar-refractivity contribution in [2.24, 2.45) is 0 Å². The van der Waals surface area contributed by atoms with Gasteiger partial charge in [0.05, 0.1) is 16.8 Å². The Balaban J connectivity index is 1.75. The van der Waals surface area contributed by atoms with E-state index in [4.69, 9.17) is 0 Å². The lowest BCUT2D eigenvalue weighted by atomic mass is 10.1. The summed E-state index contributed by atoms with van der Waals surface area (Å²) in [5.74, 6) is -0.205. The Morgan fingerprint density at radius 1 is 1.12 bits per heavy atom. The first kappa shape index (κ1) is 15.5. The molecular formula is C19H16N4OS. The number of fused-ring (bicyclic) bond motifs is 1. The number of hydrogen-bond donors (Lipinski definition) is 1. The summed E-state index contributed by atoms with van der Waals surface area (Å²) in [5, 5.41) is 9.39. The molecule has 1 aromatic carbocycles. The molecule has 0 saturated carbocycles. The predicted molar refractivity (Wildman–Crippen MR) is 100 cm³/mol. The van der Waals surface area contributed by atoms with Crippen LogP contribution in [0.25, 0.3) is 16.2 Å². The molecule has 0 fully saturated rings. The van der Waals surface area contributed by atoms with E-state index in [-0.39, 0.29) is 5.91 Å². The Morgan fingerprint density at radius 2 is 1.92 bits per heavy atom. The highest BCUT2D eigenvalue weighted by Gasteiger charge is 2.17. The van der Waals surface area contributed by atoms with Crippen LogP contribution < -0.4 is 5.32 Å². The number of benzene rings is 1. The number of rotatable bonds is 3. The number of nitrogens with zero attached hydrogens (tertiary/aromatic N) is 3. The van der Waals surface area contributed by atoms with Crippen LogP contribution in [0.2, 0.25) is 0 Å². The number of carbonyl (C=O) groups is 1. The molecule has 0 aliphatic rings. The van der Waals surface area contributed by atoms with Gasteiger partial charge in [-0.05, 0) is 42.5 Å². The smallest absolute Gasteiger partial charge is 0.261 e. The molecule has 0 aliphatic carbocycles. The first-order valence-corrected chi connectivity index (χ1v) is 8.77. The number of aromatic nitrogens is 3. The highest BCUT2D eigenvalue weighted by atomic mass is 32.1. The van der Waals surface area contributed by atoms with E-state index in [1.54, 1.807) is 28.2 Å². The molecule has 25 heavy (non-hydrogen) atoms. The molecule has 1 amide bonds. The van der Waals surface area contributed by atoms with Gasteiger partial charge in [0.1, 0.15) is 5.56 Å². The van der Waals surface area contributed by atoms with Crippen LogP contribution in [-0.2, 0) is 0 Å². The Kier molecular flexibility index (Phi) is 3.82. The summed E-state index contributed by atoms with van der Waals surface area (Å²) in [6.07, 6.45) is 3.28. The van der Waals surface area contributed by atoms with Crippen LogP contribution in [0, 0.1) is 13.8 Å². The van der Waals surface area contributed by atoms with Gasteiger partial charge in [0.15, 0.2) is 5.65 Å². The third kappa shape index (κ3) is 2.70. The van der Waals surface area contributed by atoms with Crippen molar-refractivity contribution in [2.75, 3.05) is 5.32 Å². The molecule has 4 aromatic rings. The quantitative estimate of drug-likeness (QED) is 0.599. The van der Waals surface area contributed by atoms with Gasteiger partial charge in [0.25, 0.3) is 5.91 Å². The van der Waals surface area contributed by atoms with Gasteiger partial charge in [0, 0.05) is 11.9 Å². The minimum Gasteiger partial charge on any atom is -0.321 e. The van der Waals surface area contributed by atoms with Crippen molar-refractivity contribution in [3.8, 4) is 10.6 Å². The van der Waals surface area contributed by atoms with Crippen LogP contribution in [-0.4, -0.2) is 20.5 Å². The molecule has 5 nitrogen and oxygen atoms in total. The standard InChI is InChI=1S/C19H16N4OS/c1-12-5-3-6-13(2)17(12)22-19(24)14-11-21-23-15(8-9-20-18(14)23)16-7-4-10-25-16/h3-11H,1-2H3,(H,22,24). The number of thiophene rings is 1. The van der Waals surface area contributed by atoms with Crippen LogP contribution in [0.5, 0.6) is 0 Å². The molecule has 0 saturated heterocycles. The summed E-state index contributed by atoms with van der Waals surface area (Å²) in [6, 6.07) is 11.9. The van der Waals surface area contributed by atoms with Crippen molar-refractivity contribution in [1.29, 1.82) is 0 Å². The van der Waals surface area contributed by atoms with Gasteiger partial charge in [-0.25, -0.2) is 9.50 Å². The van der Waals surface area contributed by atoms with Crippen molar-refractivity contribution < 1.29 is 4.79 Å². The Morgan fingerprint density at radius 3 is 2.64 bits per heavy atom. The number of hydrogen-bond acceptors (Lipinski definition) is 4. The molecule has 0 unspecified atom stereocenters. The molecule has 6 heteroatoms. The highest BCUT2D eigenvalue weighted by Crippen LogP contribution is 2.26. The molecule has 0 aliphatic heterocycles. The van der Waals surface area contributed by atoms with Crippen molar-refractivity contribution in [3.05, 3.63) is 70.9 Å². The second-order valence-corrected chi connectivity index (χ2v) is 6.77. The Bertz CT molecular complexity index is 1050. The summed E-state index contributed by atoms with van der Waals surface area (Å²) >= 11 is 1.63. The Labute approximate surface area is 149 Å². The van der Waals surface area contributed by atoms with Gasteiger partial charge in [-0.15, -0.1) is 11.3 Å². The topological polar surface area (TPSA) is 59.3 Å². The minimum atomic E-state index is -0.205. The van der Waals surface area contributed by atoms with Crippen LogP contribution in [0.4, 0.5) is 5.69 Å². The van der Waals surface area contributed by atoms with Gasteiger partial charge >= 0.3 is 0 Å². The molecular weight excluding hydrogens is 332 g/mol. The number of amides is 1. The van der Waals surface area contributed by atoms with Crippen molar-refractivity contribution >= 4 is 28.6 Å². The highest BCUT2D eigenvalue weighted by molar-refractivity contribution is 7.13. The van der Waals surface area contributed by atoms with E-state index in [0.717, 1.165) is 27.4 Å². The maximum absolute atomic E-state index is 12.8. The first-order valence-electron chi connectivity index (χ1n) is 7.89. The van der Waals surface area contributed by atoms with Gasteiger partial charge in [0.2, 0.25) is 0 Å². The summed E-state index contributed by atoms with van der Waals surface area (Å²) < 4.78 is 1.71. The maximum atomic E-state index is 12.8. The second kappa shape index (κ2) is 6.14. The molecule has 0 atom stereocenters. The average molecular weight is 348 g/mol. The van der Waals surface area contributed by atoms with Crippen molar-refractivity contribution in [1.82, 2.24) is 14.6 Å². The normalized spacial score (nSPS) is 11.0. The Hall–Kier alpha value is -2.99. The molecule has 4 rings (SSSR count). The van der Waals surface area contributed by atoms with Crippen molar-refractivity contribution in [2.45, 2.75) is 13.8 Å². The summed E-state index contributed by atoms with van der Waals surface area (Å²) in [4.78, 5) is 18.2. The maximum Gasteiger partial charge on any atom is 0.261 e. The summed E-state index contributed by atoms with van der Waals surface area (Å²) in [6.45, 7) is 3.96. The monoisotopic (exact) mass is 348 g/mol. The SMILES string of the molecule is Cc1cccc(C)c1NC(=O)c1cnn2c(-c3cccs3)ccnc12. The van der Waals surface area contributed by atoms with Crippen LogP contribution in [0.15, 0.2) is 54.2 Å². The fraction of sp³-hybridized carbons (Fsp3) is 0.105. The number of anilines is 1. The third-order valence-corrected chi connectivity index (χ3v) is 5.03.